The first-order chi connectivity index (χ1) is 7.33. The quantitative estimate of drug-likeness (QED) is 0.784. The Balaban J connectivity index is 2.30. The maximum Gasteiger partial charge on any atom is 0.0408 e. The number of nitrogens with one attached hydrogen (secondary N) is 1. The van der Waals surface area contributed by atoms with Gasteiger partial charge in [-0.2, -0.15) is 0 Å². The molecular weight excluding hydrogens is 182 g/mol. The van der Waals surface area contributed by atoms with Crippen LogP contribution < -0.4 is 5.32 Å². The molecule has 0 amide bonds. The van der Waals surface area contributed by atoms with Crippen molar-refractivity contribution in [3.8, 4) is 0 Å². The number of hydrogen-bond acceptors (Lipinski definition) is 1. The molecule has 0 radical (unpaired) electrons. The number of para-hydroxylation sites is 1. The second kappa shape index (κ2) is 4.69. The molecule has 0 aromatic heterocycles. The summed E-state index contributed by atoms with van der Waals surface area (Å²) in [7, 11) is 0. The molecule has 1 atom stereocenters. The Hall–Kier alpha value is -0.980. The van der Waals surface area contributed by atoms with Gasteiger partial charge in [-0.15, -0.1) is 0 Å². The Bertz CT molecular complexity index is 330. The summed E-state index contributed by atoms with van der Waals surface area (Å²) in [5.41, 5.74) is 4.47. The molecule has 1 nitrogen and oxygen atoms in total. The van der Waals surface area contributed by atoms with E-state index in [1.165, 1.54) is 42.5 Å². The fourth-order valence-electron chi connectivity index (χ4n) is 2.54. The first-order valence-corrected chi connectivity index (χ1v) is 6.18. The zero-order valence-electron chi connectivity index (χ0n) is 9.84. The molecule has 1 aliphatic heterocycles. The summed E-state index contributed by atoms with van der Waals surface area (Å²) in [5.74, 6) is 0.690. The van der Waals surface area contributed by atoms with Crippen molar-refractivity contribution in [3.63, 3.8) is 0 Å². The van der Waals surface area contributed by atoms with Crippen molar-refractivity contribution in [3.05, 3.63) is 29.3 Å². The molecule has 82 valence electrons. The van der Waals surface area contributed by atoms with E-state index in [0.717, 1.165) is 6.54 Å². The molecule has 1 N–H and O–H groups in total. The smallest absolute Gasteiger partial charge is 0.0408 e. The molecule has 0 saturated heterocycles. The molecule has 1 aromatic carbocycles. The van der Waals surface area contributed by atoms with Crippen LogP contribution in [0.3, 0.4) is 0 Å². The van der Waals surface area contributed by atoms with E-state index in [-0.39, 0.29) is 0 Å². The summed E-state index contributed by atoms with van der Waals surface area (Å²) >= 11 is 0. The number of hydrogen-bond donors (Lipinski definition) is 1. The van der Waals surface area contributed by atoms with Crippen LogP contribution in [0.5, 0.6) is 0 Å². The third kappa shape index (κ3) is 2.17. The average Bonchev–Trinajstić information content (AvgIpc) is 2.28. The lowest BCUT2D eigenvalue weighted by Crippen LogP contribution is -2.14. The number of rotatable bonds is 3. The van der Waals surface area contributed by atoms with Crippen LogP contribution in [0.25, 0.3) is 0 Å². The largest absolute Gasteiger partial charge is 0.385 e. The van der Waals surface area contributed by atoms with Crippen molar-refractivity contribution in [2.75, 3.05) is 11.9 Å². The van der Waals surface area contributed by atoms with Gasteiger partial charge in [0.25, 0.3) is 0 Å². The summed E-state index contributed by atoms with van der Waals surface area (Å²) in [6.45, 7) is 5.75. The van der Waals surface area contributed by atoms with Crippen molar-refractivity contribution in [2.24, 2.45) is 0 Å². The summed E-state index contributed by atoms with van der Waals surface area (Å²) in [4.78, 5) is 0. The molecule has 1 heterocycles. The van der Waals surface area contributed by atoms with Crippen LogP contribution in [0, 0.1) is 0 Å². The average molecular weight is 203 g/mol. The van der Waals surface area contributed by atoms with E-state index in [0.29, 0.717) is 5.92 Å². The number of benzene rings is 1. The first kappa shape index (κ1) is 10.5. The minimum absolute atomic E-state index is 0.690. The van der Waals surface area contributed by atoms with Gasteiger partial charge in [0.1, 0.15) is 0 Å². The SMILES string of the molecule is CCCC(C)c1cccc2c1NCCC2. The van der Waals surface area contributed by atoms with E-state index >= 15 is 0 Å². The molecule has 0 bridgehead atoms. The Labute approximate surface area is 92.9 Å². The number of aryl methyl sites for hydroxylation is 1. The second-order valence-corrected chi connectivity index (χ2v) is 4.60. The van der Waals surface area contributed by atoms with Crippen molar-refractivity contribution >= 4 is 5.69 Å². The standard InChI is InChI=1S/C14H21N/c1-3-6-11(2)13-9-4-7-12-8-5-10-15-14(12)13/h4,7,9,11,15H,3,5-6,8,10H2,1-2H3. The van der Waals surface area contributed by atoms with E-state index in [9.17, 15) is 0 Å². The van der Waals surface area contributed by atoms with E-state index in [4.69, 9.17) is 0 Å². The molecular formula is C14H21N. The lowest BCUT2D eigenvalue weighted by atomic mass is 9.90. The predicted octanol–water partition coefficient (Wildman–Crippen LogP) is 3.95. The zero-order chi connectivity index (χ0) is 10.7. The lowest BCUT2D eigenvalue weighted by Gasteiger charge is -2.24. The fraction of sp³-hybridized carbons (Fsp3) is 0.571. The Morgan fingerprint density at radius 3 is 3.07 bits per heavy atom. The molecule has 1 heteroatoms. The van der Waals surface area contributed by atoms with Crippen LogP contribution in [0.4, 0.5) is 5.69 Å². The van der Waals surface area contributed by atoms with Gasteiger partial charge in [0.2, 0.25) is 0 Å². The number of anilines is 1. The summed E-state index contributed by atoms with van der Waals surface area (Å²) in [6.07, 6.45) is 5.08. The van der Waals surface area contributed by atoms with Crippen molar-refractivity contribution in [1.29, 1.82) is 0 Å². The predicted molar refractivity (Wildman–Crippen MR) is 66.6 cm³/mol. The van der Waals surface area contributed by atoms with Crippen molar-refractivity contribution in [1.82, 2.24) is 0 Å². The van der Waals surface area contributed by atoms with E-state index < -0.39 is 0 Å². The van der Waals surface area contributed by atoms with Gasteiger partial charge in [-0.25, -0.2) is 0 Å². The van der Waals surface area contributed by atoms with Gasteiger partial charge < -0.3 is 5.32 Å². The summed E-state index contributed by atoms with van der Waals surface area (Å²) < 4.78 is 0. The van der Waals surface area contributed by atoms with Crippen LogP contribution in [0.15, 0.2) is 18.2 Å². The highest BCUT2D eigenvalue weighted by molar-refractivity contribution is 5.60. The Morgan fingerprint density at radius 2 is 2.27 bits per heavy atom. The van der Waals surface area contributed by atoms with Gasteiger partial charge in [0, 0.05) is 12.2 Å². The van der Waals surface area contributed by atoms with Gasteiger partial charge in [-0.1, -0.05) is 38.5 Å². The van der Waals surface area contributed by atoms with E-state index in [1.54, 1.807) is 0 Å². The minimum atomic E-state index is 0.690. The van der Waals surface area contributed by atoms with Gasteiger partial charge in [-0.05, 0) is 36.3 Å². The normalized spacial score (nSPS) is 16.7. The molecule has 1 aliphatic rings. The van der Waals surface area contributed by atoms with Crippen LogP contribution in [-0.4, -0.2) is 6.54 Å². The van der Waals surface area contributed by atoms with Crippen LogP contribution >= 0.6 is 0 Å². The molecule has 1 aromatic rings. The van der Waals surface area contributed by atoms with Crippen molar-refractivity contribution < 1.29 is 0 Å². The second-order valence-electron chi connectivity index (χ2n) is 4.60. The highest BCUT2D eigenvalue weighted by Crippen LogP contribution is 2.33. The third-order valence-corrected chi connectivity index (χ3v) is 3.36. The molecule has 0 saturated carbocycles. The third-order valence-electron chi connectivity index (χ3n) is 3.36. The molecule has 0 spiro atoms. The Morgan fingerprint density at radius 1 is 1.40 bits per heavy atom. The highest BCUT2D eigenvalue weighted by atomic mass is 14.9. The topological polar surface area (TPSA) is 12.0 Å². The van der Waals surface area contributed by atoms with Gasteiger partial charge >= 0.3 is 0 Å². The van der Waals surface area contributed by atoms with Crippen LogP contribution in [0.1, 0.15) is 50.2 Å². The number of fused-ring (bicyclic) bond motifs is 1. The van der Waals surface area contributed by atoms with E-state index in [1.807, 2.05) is 0 Å². The van der Waals surface area contributed by atoms with Gasteiger partial charge in [-0.3, -0.25) is 0 Å². The molecule has 0 fully saturated rings. The molecule has 1 unspecified atom stereocenters. The maximum absolute atomic E-state index is 3.57. The maximum atomic E-state index is 3.57. The highest BCUT2D eigenvalue weighted by Gasteiger charge is 2.15. The molecule has 15 heavy (non-hydrogen) atoms. The molecule has 0 aliphatic carbocycles. The van der Waals surface area contributed by atoms with Gasteiger partial charge in [0.15, 0.2) is 0 Å². The zero-order valence-corrected chi connectivity index (χ0v) is 9.84. The molecule has 2 rings (SSSR count). The van der Waals surface area contributed by atoms with Crippen LogP contribution in [0.2, 0.25) is 0 Å². The first-order valence-electron chi connectivity index (χ1n) is 6.18. The monoisotopic (exact) mass is 203 g/mol. The summed E-state index contributed by atoms with van der Waals surface area (Å²) in [5, 5.41) is 3.57. The summed E-state index contributed by atoms with van der Waals surface area (Å²) in [6, 6.07) is 6.77. The minimum Gasteiger partial charge on any atom is -0.385 e. The van der Waals surface area contributed by atoms with E-state index in [2.05, 4.69) is 37.4 Å². The van der Waals surface area contributed by atoms with Crippen molar-refractivity contribution in [2.45, 2.75) is 45.4 Å². The lowest BCUT2D eigenvalue weighted by molar-refractivity contribution is 0.662. The van der Waals surface area contributed by atoms with Gasteiger partial charge in [0.05, 0.1) is 0 Å². The van der Waals surface area contributed by atoms with Crippen LogP contribution in [-0.2, 0) is 6.42 Å². The fourth-order valence-corrected chi connectivity index (χ4v) is 2.54. The Kier molecular flexibility index (Phi) is 3.30.